The quantitative estimate of drug-likeness (QED) is 0.847. The number of benzene rings is 1. The fraction of sp³-hybridized carbons (Fsp3) is 0.500. The minimum Gasteiger partial charge on any atom is -0.339 e. The highest BCUT2D eigenvalue weighted by Crippen LogP contribution is 2.24. The number of hydrogen-bond donors (Lipinski definition) is 0. The average Bonchev–Trinajstić information content (AvgIpc) is 2.42. The molecule has 1 aromatic carbocycles. The molecule has 0 spiro atoms. The summed E-state index contributed by atoms with van der Waals surface area (Å²) >= 11 is 1.85. The van der Waals surface area contributed by atoms with Gasteiger partial charge in [-0.1, -0.05) is 18.2 Å². The van der Waals surface area contributed by atoms with Gasteiger partial charge in [0.05, 0.1) is 0 Å². The predicted molar refractivity (Wildman–Crippen MR) is 76.7 cm³/mol. The van der Waals surface area contributed by atoms with E-state index in [0.29, 0.717) is 5.56 Å². The Morgan fingerprint density at radius 2 is 1.95 bits per heavy atom. The predicted octanol–water partition coefficient (Wildman–Crippen LogP) is 2.00. The molecular weight excluding hydrogens is 263 g/mol. The van der Waals surface area contributed by atoms with Crippen molar-refractivity contribution in [3.05, 3.63) is 35.6 Å². The normalized spacial score (nSPS) is 17.6. The number of carbonyl (C=O) groups is 1. The maximum Gasteiger partial charge on any atom is 0.244 e. The van der Waals surface area contributed by atoms with E-state index in [1.54, 1.807) is 23.1 Å². The van der Waals surface area contributed by atoms with Gasteiger partial charge in [-0.25, -0.2) is 4.39 Å². The van der Waals surface area contributed by atoms with E-state index in [4.69, 9.17) is 0 Å². The zero-order valence-electron chi connectivity index (χ0n) is 11.3. The second kappa shape index (κ2) is 6.39. The van der Waals surface area contributed by atoms with Gasteiger partial charge in [0.15, 0.2) is 0 Å². The Morgan fingerprint density at radius 3 is 2.53 bits per heavy atom. The van der Waals surface area contributed by atoms with Gasteiger partial charge in [-0.15, -0.1) is 0 Å². The van der Waals surface area contributed by atoms with E-state index in [1.807, 2.05) is 30.8 Å². The summed E-state index contributed by atoms with van der Waals surface area (Å²) in [4.78, 5) is 16.2. The summed E-state index contributed by atoms with van der Waals surface area (Å²) in [6.45, 7) is 1.50. The molecule has 2 rings (SSSR count). The van der Waals surface area contributed by atoms with Crippen LogP contribution in [0.4, 0.5) is 4.39 Å². The van der Waals surface area contributed by atoms with Crippen LogP contribution in [0, 0.1) is 5.82 Å². The highest BCUT2D eigenvalue weighted by Gasteiger charge is 2.30. The van der Waals surface area contributed by atoms with E-state index < -0.39 is 6.04 Å². The van der Waals surface area contributed by atoms with E-state index in [0.717, 1.165) is 24.6 Å². The van der Waals surface area contributed by atoms with Crippen LogP contribution in [-0.4, -0.2) is 54.4 Å². The number of rotatable bonds is 3. The Balaban J connectivity index is 2.25. The fourth-order valence-corrected chi connectivity index (χ4v) is 3.19. The highest BCUT2D eigenvalue weighted by molar-refractivity contribution is 7.99. The van der Waals surface area contributed by atoms with Gasteiger partial charge in [0, 0.05) is 30.2 Å². The summed E-state index contributed by atoms with van der Waals surface area (Å²) in [6.07, 6.45) is 0. The third-order valence-corrected chi connectivity index (χ3v) is 4.22. The molecule has 0 unspecified atom stereocenters. The van der Waals surface area contributed by atoms with E-state index >= 15 is 0 Å². The number of likely N-dealkylation sites (N-methyl/N-ethyl adjacent to an activating group) is 1. The fourth-order valence-electron chi connectivity index (χ4n) is 2.29. The molecule has 1 atom stereocenters. The van der Waals surface area contributed by atoms with Crippen molar-refractivity contribution in [3.63, 3.8) is 0 Å². The number of nitrogens with zero attached hydrogens (tertiary/aromatic N) is 2. The summed E-state index contributed by atoms with van der Waals surface area (Å²) in [5.74, 6) is 1.60. The number of hydrogen-bond acceptors (Lipinski definition) is 3. The second-order valence-electron chi connectivity index (χ2n) is 4.83. The second-order valence-corrected chi connectivity index (χ2v) is 6.05. The standard InChI is InChI=1S/C14H19FN2OS/c1-16(2)13(11-5-3-4-6-12(11)15)14(18)17-7-9-19-10-8-17/h3-6,13H,7-10H2,1-2H3/t13-/m1/s1. The Morgan fingerprint density at radius 1 is 1.32 bits per heavy atom. The van der Waals surface area contributed by atoms with Crippen molar-refractivity contribution in [3.8, 4) is 0 Å². The molecule has 3 nitrogen and oxygen atoms in total. The van der Waals surface area contributed by atoms with Crippen LogP contribution < -0.4 is 0 Å². The van der Waals surface area contributed by atoms with Crippen molar-refractivity contribution in [2.75, 3.05) is 38.7 Å². The van der Waals surface area contributed by atoms with Crippen molar-refractivity contribution < 1.29 is 9.18 Å². The molecule has 5 heteroatoms. The maximum absolute atomic E-state index is 13.9. The Hall–Kier alpha value is -1.07. The van der Waals surface area contributed by atoms with Crippen LogP contribution in [0.25, 0.3) is 0 Å². The number of halogens is 1. The van der Waals surface area contributed by atoms with Crippen LogP contribution in [0.5, 0.6) is 0 Å². The van der Waals surface area contributed by atoms with Crippen molar-refractivity contribution in [2.24, 2.45) is 0 Å². The summed E-state index contributed by atoms with van der Waals surface area (Å²) < 4.78 is 13.9. The minimum absolute atomic E-state index is 0.00426. The lowest BCUT2D eigenvalue weighted by Gasteiger charge is -2.33. The third kappa shape index (κ3) is 3.28. The summed E-state index contributed by atoms with van der Waals surface area (Å²) in [6, 6.07) is 5.98. The molecule has 104 valence electrons. The van der Waals surface area contributed by atoms with E-state index in [-0.39, 0.29) is 11.7 Å². The van der Waals surface area contributed by atoms with Crippen LogP contribution >= 0.6 is 11.8 Å². The van der Waals surface area contributed by atoms with Gasteiger partial charge in [0.1, 0.15) is 11.9 Å². The number of thioether (sulfide) groups is 1. The lowest BCUT2D eigenvalue weighted by Crippen LogP contribution is -2.44. The summed E-state index contributed by atoms with van der Waals surface area (Å²) in [7, 11) is 3.63. The van der Waals surface area contributed by atoms with Gasteiger partial charge in [0.25, 0.3) is 0 Å². The first-order valence-electron chi connectivity index (χ1n) is 6.38. The van der Waals surface area contributed by atoms with Crippen LogP contribution in [0.1, 0.15) is 11.6 Å². The molecule has 1 fully saturated rings. The molecule has 19 heavy (non-hydrogen) atoms. The van der Waals surface area contributed by atoms with Gasteiger partial charge in [-0.3, -0.25) is 9.69 Å². The first-order chi connectivity index (χ1) is 9.11. The smallest absolute Gasteiger partial charge is 0.244 e. The summed E-state index contributed by atoms with van der Waals surface area (Å²) in [5, 5.41) is 0. The Kier molecular flexibility index (Phi) is 4.82. The van der Waals surface area contributed by atoms with Crippen molar-refractivity contribution in [1.29, 1.82) is 0 Å². The number of carbonyl (C=O) groups excluding carboxylic acids is 1. The zero-order valence-corrected chi connectivity index (χ0v) is 12.1. The lowest BCUT2D eigenvalue weighted by atomic mass is 10.0. The molecule has 1 aromatic rings. The van der Waals surface area contributed by atoms with E-state index in [1.165, 1.54) is 6.07 Å². The first-order valence-corrected chi connectivity index (χ1v) is 7.54. The minimum atomic E-state index is -0.538. The molecular formula is C14H19FN2OS. The molecule has 0 bridgehead atoms. The Labute approximate surface area is 117 Å². The molecule has 1 heterocycles. The highest BCUT2D eigenvalue weighted by atomic mass is 32.2. The van der Waals surface area contributed by atoms with E-state index in [9.17, 15) is 9.18 Å². The largest absolute Gasteiger partial charge is 0.339 e. The molecule has 0 N–H and O–H groups in total. The molecule has 0 radical (unpaired) electrons. The molecule has 1 saturated heterocycles. The topological polar surface area (TPSA) is 23.6 Å². The third-order valence-electron chi connectivity index (χ3n) is 3.27. The van der Waals surface area contributed by atoms with Crippen LogP contribution in [-0.2, 0) is 4.79 Å². The van der Waals surface area contributed by atoms with Crippen LogP contribution in [0.3, 0.4) is 0 Å². The van der Waals surface area contributed by atoms with Crippen LogP contribution in [0.2, 0.25) is 0 Å². The maximum atomic E-state index is 13.9. The number of amides is 1. The molecule has 0 aliphatic carbocycles. The molecule has 0 saturated carbocycles. The van der Waals surface area contributed by atoms with Crippen LogP contribution in [0.15, 0.2) is 24.3 Å². The lowest BCUT2D eigenvalue weighted by molar-refractivity contribution is -0.136. The molecule has 1 aliphatic heterocycles. The van der Waals surface area contributed by atoms with Crippen molar-refractivity contribution in [1.82, 2.24) is 9.80 Å². The van der Waals surface area contributed by atoms with E-state index in [2.05, 4.69) is 0 Å². The van der Waals surface area contributed by atoms with Gasteiger partial charge >= 0.3 is 0 Å². The van der Waals surface area contributed by atoms with Gasteiger partial charge in [-0.2, -0.15) is 11.8 Å². The first kappa shape index (κ1) is 14.3. The zero-order chi connectivity index (χ0) is 13.8. The van der Waals surface area contributed by atoms with Gasteiger partial charge in [0.2, 0.25) is 5.91 Å². The van der Waals surface area contributed by atoms with Gasteiger partial charge < -0.3 is 4.90 Å². The van der Waals surface area contributed by atoms with Crippen molar-refractivity contribution >= 4 is 17.7 Å². The summed E-state index contributed by atoms with van der Waals surface area (Å²) in [5.41, 5.74) is 0.454. The van der Waals surface area contributed by atoms with Crippen molar-refractivity contribution in [2.45, 2.75) is 6.04 Å². The molecule has 1 amide bonds. The molecule has 0 aromatic heterocycles. The monoisotopic (exact) mass is 282 g/mol. The molecule has 1 aliphatic rings. The average molecular weight is 282 g/mol. The Bertz CT molecular complexity index is 447. The van der Waals surface area contributed by atoms with Gasteiger partial charge in [-0.05, 0) is 20.2 Å². The SMILES string of the molecule is CN(C)[C@@H](C(=O)N1CCSCC1)c1ccccc1F.